The van der Waals surface area contributed by atoms with Gasteiger partial charge in [-0.25, -0.2) is 4.39 Å². The number of halogens is 2. The molecule has 0 saturated carbocycles. The number of ether oxygens (including phenoxy) is 3. The molecule has 0 unspecified atom stereocenters. The molecule has 9 nitrogen and oxygen atoms in total. The van der Waals surface area contributed by atoms with Crippen molar-refractivity contribution in [1.82, 2.24) is 5.32 Å². The standard InChI is InChI=1S/C21H25FN4O5.ClH/c1-3-30-19(15-7-6-14(29-2)9-16(15)22)21(28)26-10-13-5-4-12(20(24)25)8-17(13)31-11-18(23)27;/h4-9,19H,3,10-11H2,1-2H3,(H2,23,27)(H3,24,25)(H,26,28);1H/t19-;/m0./s1. The zero-order valence-electron chi connectivity index (χ0n) is 17.6. The van der Waals surface area contributed by atoms with Crippen LogP contribution >= 0.6 is 12.4 Å². The Morgan fingerprint density at radius 2 is 1.91 bits per heavy atom. The van der Waals surface area contributed by atoms with Gasteiger partial charge in [0.15, 0.2) is 12.7 Å². The summed E-state index contributed by atoms with van der Waals surface area (Å²) in [7, 11) is 1.41. The Balaban J connectivity index is 0.00000512. The molecule has 0 heterocycles. The fourth-order valence-corrected chi connectivity index (χ4v) is 2.75. The summed E-state index contributed by atoms with van der Waals surface area (Å²) >= 11 is 0. The summed E-state index contributed by atoms with van der Waals surface area (Å²) in [5.74, 6) is -1.53. The van der Waals surface area contributed by atoms with Crippen LogP contribution in [0.5, 0.6) is 11.5 Å². The molecular weight excluding hydrogens is 443 g/mol. The second kappa shape index (κ2) is 12.5. The van der Waals surface area contributed by atoms with E-state index in [4.69, 9.17) is 31.1 Å². The Morgan fingerprint density at radius 1 is 1.19 bits per heavy atom. The highest BCUT2D eigenvalue weighted by atomic mass is 35.5. The molecule has 174 valence electrons. The average molecular weight is 469 g/mol. The number of methoxy groups -OCH3 is 1. The van der Waals surface area contributed by atoms with Crippen LogP contribution in [0.1, 0.15) is 29.7 Å². The van der Waals surface area contributed by atoms with E-state index in [1.807, 2.05) is 0 Å². The number of amidine groups is 1. The Bertz CT molecular complexity index is 973. The lowest BCUT2D eigenvalue weighted by molar-refractivity contribution is -0.133. The van der Waals surface area contributed by atoms with Crippen molar-refractivity contribution in [1.29, 1.82) is 5.41 Å². The van der Waals surface area contributed by atoms with Gasteiger partial charge in [0.05, 0.1) is 7.11 Å². The van der Waals surface area contributed by atoms with Gasteiger partial charge in [0, 0.05) is 35.9 Å². The maximum Gasteiger partial charge on any atom is 0.255 e. The second-order valence-corrected chi connectivity index (χ2v) is 6.43. The number of nitrogens with two attached hydrogens (primary N) is 2. The van der Waals surface area contributed by atoms with E-state index in [9.17, 15) is 14.0 Å². The predicted octanol–water partition coefficient (Wildman–Crippen LogP) is 1.80. The van der Waals surface area contributed by atoms with E-state index in [1.165, 1.54) is 31.4 Å². The molecule has 0 spiro atoms. The summed E-state index contributed by atoms with van der Waals surface area (Å²) < 4.78 is 30.3. The van der Waals surface area contributed by atoms with Gasteiger partial charge < -0.3 is 31.0 Å². The van der Waals surface area contributed by atoms with Crippen LogP contribution in [0.4, 0.5) is 4.39 Å². The summed E-state index contributed by atoms with van der Waals surface area (Å²) in [6, 6.07) is 8.77. The minimum absolute atomic E-state index is 0. The number of hydrogen-bond donors (Lipinski definition) is 4. The first-order valence-corrected chi connectivity index (χ1v) is 9.38. The van der Waals surface area contributed by atoms with E-state index < -0.39 is 23.7 Å². The third kappa shape index (κ3) is 7.10. The Morgan fingerprint density at radius 3 is 2.47 bits per heavy atom. The maximum absolute atomic E-state index is 14.5. The first kappa shape index (κ1) is 26.7. The zero-order valence-corrected chi connectivity index (χ0v) is 18.5. The van der Waals surface area contributed by atoms with Gasteiger partial charge in [0.1, 0.15) is 23.2 Å². The molecule has 2 amide bonds. The van der Waals surface area contributed by atoms with Gasteiger partial charge in [-0.05, 0) is 25.1 Å². The van der Waals surface area contributed by atoms with Crippen LogP contribution in [0, 0.1) is 11.2 Å². The number of nitrogen functional groups attached to an aromatic ring is 1. The molecule has 0 aliphatic heterocycles. The molecule has 0 fully saturated rings. The first-order chi connectivity index (χ1) is 14.8. The number of hydrogen-bond acceptors (Lipinski definition) is 6. The lowest BCUT2D eigenvalue weighted by Crippen LogP contribution is -2.31. The molecule has 0 aliphatic carbocycles. The quantitative estimate of drug-likeness (QED) is 0.291. The van der Waals surface area contributed by atoms with Gasteiger partial charge in [0.2, 0.25) is 0 Å². The van der Waals surface area contributed by atoms with Crippen molar-refractivity contribution in [3.63, 3.8) is 0 Å². The molecule has 0 bridgehead atoms. The van der Waals surface area contributed by atoms with E-state index in [2.05, 4.69) is 5.32 Å². The fraction of sp³-hybridized carbons (Fsp3) is 0.286. The van der Waals surface area contributed by atoms with E-state index in [-0.39, 0.29) is 49.3 Å². The van der Waals surface area contributed by atoms with Crippen molar-refractivity contribution in [3.8, 4) is 11.5 Å². The van der Waals surface area contributed by atoms with Crippen LogP contribution in [-0.2, 0) is 20.9 Å². The summed E-state index contributed by atoms with van der Waals surface area (Å²) in [6.45, 7) is 1.48. The number of primary amides is 1. The number of benzene rings is 2. The van der Waals surface area contributed by atoms with Crippen LogP contribution in [-0.4, -0.2) is 38.0 Å². The fourth-order valence-electron chi connectivity index (χ4n) is 2.75. The van der Waals surface area contributed by atoms with Gasteiger partial charge in [-0.1, -0.05) is 12.1 Å². The van der Waals surface area contributed by atoms with Crippen LogP contribution in [0.25, 0.3) is 0 Å². The monoisotopic (exact) mass is 468 g/mol. The third-order valence-corrected chi connectivity index (χ3v) is 4.26. The highest BCUT2D eigenvalue weighted by Gasteiger charge is 2.25. The van der Waals surface area contributed by atoms with E-state index in [0.717, 1.165) is 0 Å². The minimum atomic E-state index is -1.18. The van der Waals surface area contributed by atoms with E-state index >= 15 is 0 Å². The molecule has 0 aliphatic rings. The lowest BCUT2D eigenvalue weighted by Gasteiger charge is -2.19. The number of amides is 2. The molecule has 2 aromatic carbocycles. The molecule has 0 saturated heterocycles. The summed E-state index contributed by atoms with van der Waals surface area (Å²) in [5.41, 5.74) is 11.6. The normalized spacial score (nSPS) is 11.1. The highest BCUT2D eigenvalue weighted by molar-refractivity contribution is 5.95. The van der Waals surface area contributed by atoms with Gasteiger partial charge >= 0.3 is 0 Å². The zero-order chi connectivity index (χ0) is 23.0. The third-order valence-electron chi connectivity index (χ3n) is 4.26. The first-order valence-electron chi connectivity index (χ1n) is 9.38. The number of carbonyl (C=O) groups is 2. The second-order valence-electron chi connectivity index (χ2n) is 6.43. The van der Waals surface area contributed by atoms with Crippen molar-refractivity contribution in [2.45, 2.75) is 19.6 Å². The predicted molar refractivity (Wildman–Crippen MR) is 119 cm³/mol. The average Bonchev–Trinajstić information content (AvgIpc) is 2.74. The molecule has 32 heavy (non-hydrogen) atoms. The van der Waals surface area contributed by atoms with Gasteiger partial charge in [-0.15, -0.1) is 12.4 Å². The molecular formula is C21H26ClFN4O5. The molecule has 2 rings (SSSR count). The van der Waals surface area contributed by atoms with Gasteiger partial charge in [-0.3, -0.25) is 15.0 Å². The van der Waals surface area contributed by atoms with Crippen molar-refractivity contribution in [2.24, 2.45) is 11.5 Å². The molecule has 0 aromatic heterocycles. The van der Waals surface area contributed by atoms with Crippen molar-refractivity contribution >= 4 is 30.1 Å². The lowest BCUT2D eigenvalue weighted by atomic mass is 10.1. The van der Waals surface area contributed by atoms with Crippen molar-refractivity contribution in [2.75, 3.05) is 20.3 Å². The Labute approximate surface area is 191 Å². The molecule has 0 radical (unpaired) electrons. The minimum Gasteiger partial charge on any atom is -0.497 e. The summed E-state index contributed by atoms with van der Waals surface area (Å²) in [6.07, 6.45) is -1.18. The molecule has 2 aromatic rings. The van der Waals surface area contributed by atoms with Crippen molar-refractivity contribution < 1.29 is 28.2 Å². The van der Waals surface area contributed by atoms with Crippen LogP contribution in [0.3, 0.4) is 0 Å². The summed E-state index contributed by atoms with van der Waals surface area (Å²) in [5, 5.41) is 10.2. The van der Waals surface area contributed by atoms with Gasteiger partial charge in [-0.2, -0.15) is 0 Å². The Hall–Kier alpha value is -3.37. The van der Waals surface area contributed by atoms with Crippen LogP contribution in [0.15, 0.2) is 36.4 Å². The van der Waals surface area contributed by atoms with Gasteiger partial charge in [0.25, 0.3) is 11.8 Å². The summed E-state index contributed by atoms with van der Waals surface area (Å²) in [4.78, 5) is 23.8. The molecule has 11 heteroatoms. The number of rotatable bonds is 11. The molecule has 6 N–H and O–H groups in total. The largest absolute Gasteiger partial charge is 0.497 e. The van der Waals surface area contributed by atoms with Crippen LogP contribution < -0.4 is 26.3 Å². The van der Waals surface area contributed by atoms with Crippen molar-refractivity contribution in [3.05, 3.63) is 58.9 Å². The smallest absolute Gasteiger partial charge is 0.255 e. The highest BCUT2D eigenvalue weighted by Crippen LogP contribution is 2.26. The van der Waals surface area contributed by atoms with E-state index in [1.54, 1.807) is 19.1 Å². The SMILES string of the molecule is CCO[C@H](C(=O)NCc1ccc(C(=N)N)cc1OCC(N)=O)c1ccc(OC)cc1F.Cl. The maximum atomic E-state index is 14.5. The van der Waals surface area contributed by atoms with E-state index in [0.29, 0.717) is 16.9 Å². The van der Waals surface area contributed by atoms with Crippen LogP contribution in [0.2, 0.25) is 0 Å². The topological polar surface area (TPSA) is 150 Å². The number of nitrogens with one attached hydrogen (secondary N) is 2. The molecule has 1 atom stereocenters. The number of carbonyl (C=O) groups excluding carboxylic acids is 2. The Kier molecular flexibility index (Phi) is 10.4.